The molecule has 1 amide bonds. The molecule has 0 fully saturated rings. The molecule has 2 aromatic heterocycles. The molecule has 1 N–H and O–H groups in total. The third-order valence-electron chi connectivity index (χ3n) is 5.60. The predicted octanol–water partition coefficient (Wildman–Crippen LogP) is 4.83. The van der Waals surface area contributed by atoms with Crippen LogP contribution in [0.25, 0.3) is 17.0 Å². The summed E-state index contributed by atoms with van der Waals surface area (Å²) in [5.41, 5.74) is 2.79. The van der Waals surface area contributed by atoms with Crippen LogP contribution in [0.15, 0.2) is 36.0 Å². The summed E-state index contributed by atoms with van der Waals surface area (Å²) in [6.07, 6.45) is 6.94. The van der Waals surface area contributed by atoms with Crippen LogP contribution in [0.3, 0.4) is 0 Å². The molecule has 1 aliphatic rings. The van der Waals surface area contributed by atoms with Crippen LogP contribution in [0.4, 0.5) is 5.00 Å². The Balaban J connectivity index is 1.69. The number of esters is 1. The SMILES string of the molecule is CCOC(=O)c1c(NC(=O)/C(C#N)=C/c2cn(CC#N)c3ccccc23)sc2c1CCCC2. The van der Waals surface area contributed by atoms with E-state index in [-0.39, 0.29) is 18.7 Å². The van der Waals surface area contributed by atoms with Gasteiger partial charge in [-0.05, 0) is 50.3 Å². The number of ether oxygens (including phenoxy) is 1. The van der Waals surface area contributed by atoms with Crippen molar-refractivity contribution in [1.82, 2.24) is 4.57 Å². The summed E-state index contributed by atoms with van der Waals surface area (Å²) in [5.74, 6) is -1.03. The number of carbonyl (C=O) groups excluding carboxylic acids is 2. The number of nitriles is 2. The minimum Gasteiger partial charge on any atom is -0.462 e. The molecule has 1 aliphatic carbocycles. The highest BCUT2D eigenvalue weighted by atomic mass is 32.1. The number of benzene rings is 1. The quantitative estimate of drug-likeness (QED) is 0.323. The fourth-order valence-electron chi connectivity index (χ4n) is 4.14. The predicted molar refractivity (Wildman–Crippen MR) is 127 cm³/mol. The Hall–Kier alpha value is -3.88. The highest BCUT2D eigenvalue weighted by Crippen LogP contribution is 2.39. The van der Waals surface area contributed by atoms with Crippen molar-refractivity contribution in [2.24, 2.45) is 0 Å². The average Bonchev–Trinajstić information content (AvgIpc) is 3.35. The van der Waals surface area contributed by atoms with E-state index in [4.69, 9.17) is 10.00 Å². The van der Waals surface area contributed by atoms with Crippen LogP contribution in [0.5, 0.6) is 0 Å². The zero-order chi connectivity index (χ0) is 23.4. The third-order valence-corrected chi connectivity index (χ3v) is 6.81. The van der Waals surface area contributed by atoms with E-state index >= 15 is 0 Å². The van der Waals surface area contributed by atoms with E-state index in [1.165, 1.54) is 17.4 Å². The second-order valence-electron chi connectivity index (χ2n) is 7.65. The number of nitrogens with zero attached hydrogens (tertiary/aromatic N) is 3. The maximum Gasteiger partial charge on any atom is 0.341 e. The van der Waals surface area contributed by atoms with E-state index in [9.17, 15) is 14.9 Å². The Morgan fingerprint density at radius 2 is 2.03 bits per heavy atom. The van der Waals surface area contributed by atoms with Crippen LogP contribution in [-0.4, -0.2) is 23.1 Å². The molecule has 1 aromatic carbocycles. The van der Waals surface area contributed by atoms with Gasteiger partial charge < -0.3 is 14.6 Å². The van der Waals surface area contributed by atoms with Crippen molar-refractivity contribution in [3.63, 3.8) is 0 Å². The van der Waals surface area contributed by atoms with E-state index < -0.39 is 11.9 Å². The lowest BCUT2D eigenvalue weighted by Gasteiger charge is -2.12. The van der Waals surface area contributed by atoms with Gasteiger partial charge in [-0.2, -0.15) is 10.5 Å². The molecular weight excluding hydrogens is 436 g/mol. The standard InChI is InChI=1S/C25H22N4O3S/c1-2-32-25(31)22-19-8-4-6-10-21(19)33-24(22)28-23(30)16(14-27)13-17-15-29(12-11-26)20-9-5-3-7-18(17)20/h3,5,7,9,13,15H,2,4,6,8,10,12H2,1H3,(H,28,30)/b16-13+. The van der Waals surface area contributed by atoms with Crippen molar-refractivity contribution < 1.29 is 14.3 Å². The average molecular weight is 459 g/mol. The fraction of sp³-hybridized carbons (Fsp3) is 0.280. The molecule has 0 aliphatic heterocycles. The summed E-state index contributed by atoms with van der Waals surface area (Å²) in [7, 11) is 0. The van der Waals surface area contributed by atoms with Crippen molar-refractivity contribution in [3.8, 4) is 12.1 Å². The minimum atomic E-state index is -0.584. The lowest BCUT2D eigenvalue weighted by Crippen LogP contribution is -2.16. The summed E-state index contributed by atoms with van der Waals surface area (Å²) in [6, 6.07) is 11.6. The first-order valence-corrected chi connectivity index (χ1v) is 11.6. The smallest absolute Gasteiger partial charge is 0.341 e. The van der Waals surface area contributed by atoms with Crippen molar-refractivity contribution in [1.29, 1.82) is 10.5 Å². The number of hydrogen-bond donors (Lipinski definition) is 1. The van der Waals surface area contributed by atoms with Crippen molar-refractivity contribution in [3.05, 3.63) is 57.6 Å². The Labute approximate surface area is 195 Å². The summed E-state index contributed by atoms with van der Waals surface area (Å²) in [4.78, 5) is 26.8. The molecule has 7 nitrogen and oxygen atoms in total. The fourth-order valence-corrected chi connectivity index (χ4v) is 5.42. The second-order valence-corrected chi connectivity index (χ2v) is 8.75. The van der Waals surface area contributed by atoms with Crippen molar-refractivity contribution >= 4 is 45.2 Å². The molecule has 0 saturated carbocycles. The van der Waals surface area contributed by atoms with E-state index in [1.54, 1.807) is 17.7 Å². The number of para-hydroxylation sites is 1. The van der Waals surface area contributed by atoms with Gasteiger partial charge in [-0.3, -0.25) is 4.79 Å². The normalized spacial score (nSPS) is 13.1. The number of hydrogen-bond acceptors (Lipinski definition) is 6. The summed E-state index contributed by atoms with van der Waals surface area (Å²) in [5, 5.41) is 22.9. The first-order valence-electron chi connectivity index (χ1n) is 10.8. The number of nitrogens with one attached hydrogen (secondary N) is 1. The van der Waals surface area contributed by atoms with Crippen molar-refractivity contribution in [2.45, 2.75) is 39.2 Å². The van der Waals surface area contributed by atoms with Gasteiger partial charge >= 0.3 is 5.97 Å². The zero-order valence-corrected chi connectivity index (χ0v) is 19.0. The number of thiophene rings is 1. The molecule has 3 aromatic rings. The summed E-state index contributed by atoms with van der Waals surface area (Å²) >= 11 is 1.38. The largest absolute Gasteiger partial charge is 0.462 e. The lowest BCUT2D eigenvalue weighted by molar-refractivity contribution is -0.112. The number of aromatic nitrogens is 1. The molecule has 0 saturated heterocycles. The third kappa shape index (κ3) is 4.39. The van der Waals surface area contributed by atoms with E-state index in [0.29, 0.717) is 16.1 Å². The maximum atomic E-state index is 13.1. The van der Waals surface area contributed by atoms with Gasteiger partial charge in [0.2, 0.25) is 0 Å². The van der Waals surface area contributed by atoms with Crippen LogP contribution in [0.2, 0.25) is 0 Å². The molecule has 0 radical (unpaired) electrons. The maximum absolute atomic E-state index is 13.1. The highest BCUT2D eigenvalue weighted by Gasteiger charge is 2.28. The van der Waals surface area contributed by atoms with E-state index in [0.717, 1.165) is 47.0 Å². The Morgan fingerprint density at radius 1 is 1.24 bits per heavy atom. The molecule has 8 heteroatoms. The molecule has 0 spiro atoms. The Morgan fingerprint density at radius 3 is 2.79 bits per heavy atom. The molecule has 33 heavy (non-hydrogen) atoms. The minimum absolute atomic E-state index is 0.0870. The Bertz CT molecular complexity index is 1350. The van der Waals surface area contributed by atoms with Crippen LogP contribution >= 0.6 is 11.3 Å². The lowest BCUT2D eigenvalue weighted by atomic mass is 9.95. The molecule has 0 atom stereocenters. The number of anilines is 1. The van der Waals surface area contributed by atoms with Crippen LogP contribution in [0.1, 0.15) is 46.1 Å². The van der Waals surface area contributed by atoms with E-state index in [2.05, 4.69) is 11.4 Å². The van der Waals surface area contributed by atoms with Gasteiger partial charge in [0.1, 0.15) is 23.2 Å². The van der Waals surface area contributed by atoms with Gasteiger partial charge in [0.05, 0.1) is 18.2 Å². The van der Waals surface area contributed by atoms with Gasteiger partial charge in [-0.25, -0.2) is 4.79 Å². The Kier molecular flexibility index (Phi) is 6.58. The number of carbonyl (C=O) groups is 2. The van der Waals surface area contributed by atoms with Gasteiger partial charge in [0, 0.05) is 27.5 Å². The molecule has 4 rings (SSSR count). The number of amides is 1. The number of rotatable bonds is 6. The summed E-state index contributed by atoms with van der Waals surface area (Å²) < 4.78 is 7.02. The molecule has 0 unspecified atom stereocenters. The van der Waals surface area contributed by atoms with Gasteiger partial charge in [-0.1, -0.05) is 18.2 Å². The number of aryl methyl sites for hydroxylation is 1. The monoisotopic (exact) mass is 458 g/mol. The molecule has 166 valence electrons. The van der Waals surface area contributed by atoms with E-state index in [1.807, 2.05) is 30.3 Å². The number of fused-ring (bicyclic) bond motifs is 2. The van der Waals surface area contributed by atoms with Gasteiger partial charge in [0.25, 0.3) is 5.91 Å². The second kappa shape index (κ2) is 9.72. The zero-order valence-electron chi connectivity index (χ0n) is 18.2. The van der Waals surface area contributed by atoms with Crippen LogP contribution < -0.4 is 5.32 Å². The molecule has 2 heterocycles. The van der Waals surface area contributed by atoms with Crippen LogP contribution in [-0.2, 0) is 28.9 Å². The van der Waals surface area contributed by atoms with Crippen molar-refractivity contribution in [2.75, 3.05) is 11.9 Å². The topological polar surface area (TPSA) is 108 Å². The molecular formula is C25H22N4O3S. The molecule has 0 bridgehead atoms. The van der Waals surface area contributed by atoms with Gasteiger partial charge in [0.15, 0.2) is 0 Å². The highest BCUT2D eigenvalue weighted by molar-refractivity contribution is 7.17. The van der Waals surface area contributed by atoms with Gasteiger partial charge in [-0.15, -0.1) is 11.3 Å². The summed E-state index contributed by atoms with van der Waals surface area (Å²) in [6.45, 7) is 2.15. The van der Waals surface area contributed by atoms with Crippen LogP contribution in [0, 0.1) is 22.7 Å². The first-order chi connectivity index (χ1) is 16.1. The first kappa shape index (κ1) is 22.3.